The van der Waals surface area contributed by atoms with Gasteiger partial charge >= 0.3 is 0 Å². The predicted octanol–water partition coefficient (Wildman–Crippen LogP) is 5.94. The minimum absolute atomic E-state index is 0.0989. The van der Waals surface area contributed by atoms with Gasteiger partial charge in [0.15, 0.2) is 17.1 Å². The summed E-state index contributed by atoms with van der Waals surface area (Å²) in [6, 6.07) is 6.17. The van der Waals surface area contributed by atoms with Crippen molar-refractivity contribution in [2.45, 2.75) is 50.4 Å². The summed E-state index contributed by atoms with van der Waals surface area (Å²) in [6.45, 7) is 5.98. The molecule has 1 aromatic carbocycles. The molecular formula is C24H23ClFN5O2S2. The number of aromatic nitrogens is 3. The molecule has 1 aliphatic rings. The van der Waals surface area contributed by atoms with E-state index in [2.05, 4.69) is 28.2 Å². The maximum atomic E-state index is 13.3. The van der Waals surface area contributed by atoms with Crippen molar-refractivity contribution in [1.29, 1.82) is 5.26 Å². The van der Waals surface area contributed by atoms with E-state index in [1.807, 2.05) is 0 Å². The zero-order valence-corrected chi connectivity index (χ0v) is 21.4. The lowest BCUT2D eigenvalue weighted by Crippen LogP contribution is -2.15. The lowest BCUT2D eigenvalue weighted by Gasteiger charge is -2.16. The van der Waals surface area contributed by atoms with Crippen LogP contribution in [-0.4, -0.2) is 26.4 Å². The highest BCUT2D eigenvalue weighted by atomic mass is 35.5. The number of fused-ring (bicyclic) bond motifs is 1. The van der Waals surface area contributed by atoms with Crippen LogP contribution in [0.1, 0.15) is 47.7 Å². The number of amides is 1. The van der Waals surface area contributed by atoms with Gasteiger partial charge in [-0.15, -0.1) is 28.1 Å². The number of allylic oxidation sites excluding steroid dienone is 1. The molecule has 4 rings (SSSR count). The second kappa shape index (κ2) is 11.2. The highest BCUT2D eigenvalue weighted by molar-refractivity contribution is 7.99. The van der Waals surface area contributed by atoms with Crippen molar-refractivity contribution in [3.63, 3.8) is 0 Å². The van der Waals surface area contributed by atoms with Gasteiger partial charge in [0.2, 0.25) is 5.91 Å². The first kappa shape index (κ1) is 25.2. The quantitative estimate of drug-likeness (QED) is 0.271. The van der Waals surface area contributed by atoms with Crippen molar-refractivity contribution in [2.24, 2.45) is 0 Å². The third-order valence-corrected chi connectivity index (χ3v) is 7.96. The van der Waals surface area contributed by atoms with Crippen LogP contribution in [0.4, 0.5) is 9.39 Å². The first-order valence-corrected chi connectivity index (χ1v) is 13.2. The van der Waals surface area contributed by atoms with Crippen LogP contribution in [0.3, 0.4) is 0 Å². The molecule has 1 aliphatic carbocycles. The summed E-state index contributed by atoms with van der Waals surface area (Å²) in [5.41, 5.74) is 1.67. The summed E-state index contributed by atoms with van der Waals surface area (Å²) in [4.78, 5) is 13.9. The second-order valence-corrected chi connectivity index (χ2v) is 10.4. The fraction of sp³-hybridized carbons (Fsp3) is 0.333. The Bertz CT molecular complexity index is 1300. The molecule has 11 heteroatoms. The smallest absolute Gasteiger partial charge is 0.235 e. The van der Waals surface area contributed by atoms with Crippen molar-refractivity contribution < 1.29 is 13.9 Å². The molecule has 0 spiro atoms. The van der Waals surface area contributed by atoms with E-state index in [0.29, 0.717) is 33.8 Å². The Balaban J connectivity index is 1.44. The molecule has 1 atom stereocenters. The maximum Gasteiger partial charge on any atom is 0.235 e. The molecule has 1 unspecified atom stereocenters. The highest BCUT2D eigenvalue weighted by Crippen LogP contribution is 2.38. The standard InChI is InChI=1S/C24H23ClFN5O2S2/c1-3-10-31-22(14(2)33-19-9-8-15(26)11-18(19)25)29-30-24(31)34-13-21(32)28-23-17(12-27)16-6-4-5-7-20(16)35-23/h3,8-9,11,14H,1,4-7,10,13H2,2H3,(H,28,32). The highest BCUT2D eigenvalue weighted by Gasteiger charge is 2.23. The third kappa shape index (κ3) is 5.69. The van der Waals surface area contributed by atoms with Crippen LogP contribution in [0.25, 0.3) is 0 Å². The predicted molar refractivity (Wildman–Crippen MR) is 136 cm³/mol. The molecule has 1 N–H and O–H groups in total. The number of rotatable bonds is 9. The average molecular weight is 532 g/mol. The van der Waals surface area contributed by atoms with E-state index in [1.54, 1.807) is 17.6 Å². The Labute approximate surface area is 216 Å². The molecule has 3 aromatic rings. The molecule has 182 valence electrons. The zero-order valence-electron chi connectivity index (χ0n) is 19.0. The van der Waals surface area contributed by atoms with Gasteiger partial charge in [0.05, 0.1) is 16.3 Å². The average Bonchev–Trinajstić information content (AvgIpc) is 3.40. The van der Waals surface area contributed by atoms with Crippen molar-refractivity contribution in [3.05, 3.63) is 63.5 Å². The largest absolute Gasteiger partial charge is 0.481 e. The Morgan fingerprint density at radius 1 is 1.46 bits per heavy atom. The van der Waals surface area contributed by atoms with Gasteiger partial charge in [-0.2, -0.15) is 5.26 Å². The van der Waals surface area contributed by atoms with Crippen LogP contribution in [0.2, 0.25) is 5.02 Å². The number of halogens is 2. The van der Waals surface area contributed by atoms with Gasteiger partial charge in [0.1, 0.15) is 22.6 Å². The van der Waals surface area contributed by atoms with Crippen LogP contribution >= 0.6 is 34.7 Å². The molecular weight excluding hydrogens is 509 g/mol. The monoisotopic (exact) mass is 531 g/mol. The second-order valence-electron chi connectivity index (χ2n) is 7.94. The molecule has 1 amide bonds. The molecule has 2 heterocycles. The zero-order chi connectivity index (χ0) is 24.9. The van der Waals surface area contributed by atoms with Gasteiger partial charge < -0.3 is 10.1 Å². The van der Waals surface area contributed by atoms with Gasteiger partial charge in [-0.1, -0.05) is 29.4 Å². The molecule has 0 saturated carbocycles. The fourth-order valence-corrected chi connectivity index (χ4v) is 6.11. The number of anilines is 1. The number of thiophene rings is 1. The number of ether oxygens (including phenoxy) is 1. The van der Waals surface area contributed by atoms with Crippen molar-refractivity contribution >= 4 is 45.6 Å². The minimum atomic E-state index is -0.538. The SMILES string of the molecule is C=CCn1c(SCC(=O)Nc2sc3c(c2C#N)CCCC3)nnc1C(C)Oc1ccc(F)cc1Cl. The molecule has 7 nitrogen and oxygen atoms in total. The van der Waals surface area contributed by atoms with Crippen molar-refractivity contribution in [1.82, 2.24) is 14.8 Å². The number of hydrogen-bond donors (Lipinski definition) is 1. The number of benzene rings is 1. The third-order valence-electron chi connectivity index (χ3n) is 5.49. The van der Waals surface area contributed by atoms with Gasteiger partial charge in [0, 0.05) is 11.4 Å². The molecule has 0 saturated heterocycles. The van der Waals surface area contributed by atoms with E-state index in [9.17, 15) is 14.4 Å². The first-order valence-electron chi connectivity index (χ1n) is 11.0. The van der Waals surface area contributed by atoms with Crippen molar-refractivity contribution in [2.75, 3.05) is 11.1 Å². The minimum Gasteiger partial charge on any atom is -0.481 e. The number of nitriles is 1. The number of carbonyl (C=O) groups is 1. The lowest BCUT2D eigenvalue weighted by molar-refractivity contribution is -0.113. The van der Waals surface area contributed by atoms with Crippen LogP contribution in [0, 0.1) is 17.1 Å². The van der Waals surface area contributed by atoms with E-state index in [-0.39, 0.29) is 16.7 Å². The first-order chi connectivity index (χ1) is 16.9. The van der Waals surface area contributed by atoms with E-state index in [1.165, 1.54) is 46.2 Å². The molecule has 0 bridgehead atoms. The molecule has 2 aromatic heterocycles. The van der Waals surface area contributed by atoms with Crippen LogP contribution in [0.5, 0.6) is 5.75 Å². The number of thioether (sulfide) groups is 1. The number of nitrogens with one attached hydrogen (secondary N) is 1. The Morgan fingerprint density at radius 3 is 3.00 bits per heavy atom. The summed E-state index contributed by atoms with van der Waals surface area (Å²) in [7, 11) is 0. The number of nitrogens with zero attached hydrogens (tertiary/aromatic N) is 4. The summed E-state index contributed by atoms with van der Waals surface area (Å²) < 4.78 is 21.0. The molecule has 35 heavy (non-hydrogen) atoms. The van der Waals surface area contributed by atoms with Gasteiger partial charge in [-0.05, 0) is 56.4 Å². The van der Waals surface area contributed by atoms with Gasteiger partial charge in [0.25, 0.3) is 0 Å². The topological polar surface area (TPSA) is 92.8 Å². The normalized spacial score (nSPS) is 13.5. The molecule has 0 aliphatic heterocycles. The fourth-order valence-electron chi connectivity index (χ4n) is 3.89. The van der Waals surface area contributed by atoms with Crippen LogP contribution < -0.4 is 10.1 Å². The van der Waals surface area contributed by atoms with Gasteiger partial charge in [-0.3, -0.25) is 9.36 Å². The van der Waals surface area contributed by atoms with E-state index >= 15 is 0 Å². The summed E-state index contributed by atoms with van der Waals surface area (Å²) >= 11 is 8.81. The van der Waals surface area contributed by atoms with Crippen LogP contribution in [-0.2, 0) is 24.2 Å². The Kier molecular flexibility index (Phi) is 8.11. The molecule has 0 radical (unpaired) electrons. The number of carbonyl (C=O) groups excluding carboxylic acids is 1. The molecule has 0 fully saturated rings. The summed E-state index contributed by atoms with van der Waals surface area (Å²) in [6.07, 6.45) is 5.18. The van der Waals surface area contributed by atoms with Crippen molar-refractivity contribution in [3.8, 4) is 11.8 Å². The lowest BCUT2D eigenvalue weighted by atomic mass is 9.96. The Morgan fingerprint density at radius 2 is 2.26 bits per heavy atom. The Hall–Kier alpha value is -2.87. The van der Waals surface area contributed by atoms with Gasteiger partial charge in [-0.25, -0.2) is 4.39 Å². The summed E-state index contributed by atoms with van der Waals surface area (Å²) in [5, 5.41) is 22.3. The van der Waals surface area contributed by atoms with Crippen LogP contribution in [0.15, 0.2) is 36.0 Å². The summed E-state index contributed by atoms with van der Waals surface area (Å²) in [5.74, 6) is 0.274. The maximum absolute atomic E-state index is 13.3. The number of hydrogen-bond acceptors (Lipinski definition) is 7. The van der Waals surface area contributed by atoms with E-state index in [4.69, 9.17) is 16.3 Å². The van der Waals surface area contributed by atoms with E-state index < -0.39 is 11.9 Å². The van der Waals surface area contributed by atoms with E-state index in [0.717, 1.165) is 31.2 Å². The number of aryl methyl sites for hydroxylation is 1.